The lowest BCUT2D eigenvalue weighted by atomic mass is 10.0. The van der Waals surface area contributed by atoms with Crippen LogP contribution in [-0.4, -0.2) is 37.2 Å². The van der Waals surface area contributed by atoms with Crippen molar-refractivity contribution < 1.29 is 28.6 Å². The fourth-order valence-corrected chi connectivity index (χ4v) is 9.12. The van der Waals surface area contributed by atoms with Gasteiger partial charge in [0.25, 0.3) is 0 Å². The average Bonchev–Trinajstić information content (AvgIpc) is 3.38. The van der Waals surface area contributed by atoms with Gasteiger partial charge in [0, 0.05) is 19.3 Å². The maximum Gasteiger partial charge on any atom is 0.306 e. The summed E-state index contributed by atoms with van der Waals surface area (Å²) in [4.78, 5) is 38.1. The minimum Gasteiger partial charge on any atom is -0.462 e. The van der Waals surface area contributed by atoms with E-state index in [2.05, 4.69) is 81.5 Å². The van der Waals surface area contributed by atoms with E-state index in [1.54, 1.807) is 0 Å². The van der Waals surface area contributed by atoms with E-state index < -0.39 is 6.10 Å². The average molecular weight is 1010 g/mol. The number of unbranched alkanes of at least 4 members (excludes halogenated alkanes) is 36. The van der Waals surface area contributed by atoms with E-state index in [0.717, 1.165) is 89.9 Å². The molecule has 0 amide bonds. The van der Waals surface area contributed by atoms with Gasteiger partial charge < -0.3 is 14.2 Å². The number of hydrogen-bond donors (Lipinski definition) is 0. The van der Waals surface area contributed by atoms with Crippen molar-refractivity contribution >= 4 is 17.9 Å². The molecule has 0 aliphatic heterocycles. The van der Waals surface area contributed by atoms with Crippen molar-refractivity contribution in [2.75, 3.05) is 13.2 Å². The van der Waals surface area contributed by atoms with E-state index in [1.165, 1.54) is 193 Å². The first kappa shape index (κ1) is 69.1. The van der Waals surface area contributed by atoms with E-state index in [9.17, 15) is 14.4 Å². The van der Waals surface area contributed by atoms with Crippen molar-refractivity contribution in [3.8, 4) is 0 Å². The van der Waals surface area contributed by atoms with Gasteiger partial charge in [-0.2, -0.15) is 0 Å². The smallest absolute Gasteiger partial charge is 0.306 e. The van der Waals surface area contributed by atoms with Crippen molar-refractivity contribution in [3.05, 3.63) is 60.8 Å². The quantitative estimate of drug-likeness (QED) is 0.0261. The lowest BCUT2D eigenvalue weighted by Crippen LogP contribution is -2.30. The molecule has 72 heavy (non-hydrogen) atoms. The molecule has 0 rings (SSSR count). The van der Waals surface area contributed by atoms with Crippen molar-refractivity contribution in [1.82, 2.24) is 0 Å². The molecule has 0 radical (unpaired) electrons. The molecule has 0 heterocycles. The first-order chi connectivity index (χ1) is 35.5. The van der Waals surface area contributed by atoms with Crippen molar-refractivity contribution in [2.24, 2.45) is 0 Å². The molecular weight excluding hydrogens is 889 g/mol. The fraction of sp³-hybridized carbons (Fsp3) is 0.803. The van der Waals surface area contributed by atoms with E-state index in [1.807, 2.05) is 0 Å². The number of rotatable bonds is 57. The molecule has 0 aliphatic rings. The van der Waals surface area contributed by atoms with Crippen molar-refractivity contribution in [2.45, 2.75) is 329 Å². The second-order valence-electron chi connectivity index (χ2n) is 21.0. The molecular formula is C66H118O6. The summed E-state index contributed by atoms with van der Waals surface area (Å²) in [5.74, 6) is -0.853. The summed E-state index contributed by atoms with van der Waals surface area (Å²) in [7, 11) is 0. The Kier molecular flexibility index (Phi) is 58.2. The summed E-state index contributed by atoms with van der Waals surface area (Å²) in [6, 6.07) is 0. The van der Waals surface area contributed by atoms with Gasteiger partial charge in [0.2, 0.25) is 0 Å². The molecule has 1 atom stereocenters. The maximum absolute atomic E-state index is 12.8. The van der Waals surface area contributed by atoms with Crippen molar-refractivity contribution in [1.29, 1.82) is 0 Å². The summed E-state index contributed by atoms with van der Waals surface area (Å²) in [5.41, 5.74) is 0. The third-order valence-electron chi connectivity index (χ3n) is 13.8. The molecule has 6 heteroatoms. The molecule has 0 N–H and O–H groups in total. The zero-order valence-corrected chi connectivity index (χ0v) is 47.9. The SMILES string of the molecule is CC/C=C\C/C=C\C/C=C\C/C=C\C/C=C\CCCCCCCCCCCCCCCC(=O)OCC(COC(=O)CCCCCCCCCCCC)OC(=O)CCCCCCCCCCCCCCCCC. The summed E-state index contributed by atoms with van der Waals surface area (Å²) in [6.07, 6.45) is 76.6. The minimum absolute atomic E-state index is 0.0686. The predicted octanol–water partition coefficient (Wildman–Crippen LogP) is 21.2. The zero-order valence-electron chi connectivity index (χ0n) is 47.9. The van der Waals surface area contributed by atoms with Crippen LogP contribution in [0.1, 0.15) is 323 Å². The third-order valence-corrected chi connectivity index (χ3v) is 13.8. The lowest BCUT2D eigenvalue weighted by molar-refractivity contribution is -0.167. The molecule has 1 unspecified atom stereocenters. The Morgan fingerprint density at radius 2 is 0.542 bits per heavy atom. The van der Waals surface area contributed by atoms with Crippen LogP contribution >= 0.6 is 0 Å². The monoisotopic (exact) mass is 1010 g/mol. The van der Waals surface area contributed by atoms with E-state index in [4.69, 9.17) is 14.2 Å². The molecule has 0 aromatic carbocycles. The van der Waals surface area contributed by atoms with Crippen LogP contribution in [0, 0.1) is 0 Å². The first-order valence-electron chi connectivity index (χ1n) is 31.3. The summed E-state index contributed by atoms with van der Waals surface area (Å²) >= 11 is 0. The van der Waals surface area contributed by atoms with Crippen LogP contribution in [0.2, 0.25) is 0 Å². The zero-order chi connectivity index (χ0) is 52.2. The number of hydrogen-bond acceptors (Lipinski definition) is 6. The normalized spacial score (nSPS) is 12.4. The van der Waals surface area contributed by atoms with Gasteiger partial charge in [0.05, 0.1) is 0 Å². The second-order valence-corrected chi connectivity index (χ2v) is 21.0. The highest BCUT2D eigenvalue weighted by Gasteiger charge is 2.19. The minimum atomic E-state index is -0.769. The van der Waals surface area contributed by atoms with Gasteiger partial charge in [0.1, 0.15) is 13.2 Å². The molecule has 0 saturated carbocycles. The number of ether oxygens (including phenoxy) is 3. The van der Waals surface area contributed by atoms with E-state index in [0.29, 0.717) is 19.3 Å². The van der Waals surface area contributed by atoms with Gasteiger partial charge >= 0.3 is 17.9 Å². The molecule has 0 fully saturated rings. The second kappa shape index (κ2) is 60.7. The highest BCUT2D eigenvalue weighted by atomic mass is 16.6. The number of allylic oxidation sites excluding steroid dienone is 10. The molecule has 0 aromatic heterocycles. The van der Waals surface area contributed by atoms with E-state index >= 15 is 0 Å². The topological polar surface area (TPSA) is 78.9 Å². The van der Waals surface area contributed by atoms with Gasteiger partial charge in [0.15, 0.2) is 6.10 Å². The molecule has 418 valence electrons. The Bertz CT molecular complexity index is 1290. The highest BCUT2D eigenvalue weighted by molar-refractivity contribution is 5.71. The predicted molar refractivity (Wildman–Crippen MR) is 312 cm³/mol. The van der Waals surface area contributed by atoms with Crippen LogP contribution in [-0.2, 0) is 28.6 Å². The van der Waals surface area contributed by atoms with Gasteiger partial charge in [-0.1, -0.05) is 300 Å². The lowest BCUT2D eigenvalue weighted by Gasteiger charge is -2.18. The van der Waals surface area contributed by atoms with Gasteiger partial charge in [-0.25, -0.2) is 0 Å². The number of carbonyl (C=O) groups is 3. The molecule has 0 saturated heterocycles. The molecule has 0 aliphatic carbocycles. The Morgan fingerprint density at radius 3 is 0.847 bits per heavy atom. The Labute approximate surface area is 447 Å². The van der Waals surface area contributed by atoms with Crippen LogP contribution < -0.4 is 0 Å². The highest BCUT2D eigenvalue weighted by Crippen LogP contribution is 2.17. The van der Waals surface area contributed by atoms with Gasteiger partial charge in [-0.3, -0.25) is 14.4 Å². The Balaban J connectivity index is 4.15. The van der Waals surface area contributed by atoms with Crippen LogP contribution in [0.3, 0.4) is 0 Å². The maximum atomic E-state index is 12.8. The summed E-state index contributed by atoms with van der Waals surface area (Å²) in [5, 5.41) is 0. The number of carbonyl (C=O) groups excluding carboxylic acids is 3. The molecule has 6 nitrogen and oxygen atoms in total. The van der Waals surface area contributed by atoms with Crippen LogP contribution in [0.4, 0.5) is 0 Å². The standard InChI is InChI=1S/C66H118O6/c1-4-7-10-13-16-19-22-24-26-27-28-29-30-31-32-33-34-35-36-37-38-39-41-42-44-47-50-53-56-59-65(68)71-62-63(61-70-64(67)58-55-52-49-46-21-18-15-12-9-6-3)72-66(69)60-57-54-51-48-45-43-40-25-23-20-17-14-11-8-5-2/h7,10,16,19,24,26,28-29,31-32,63H,4-6,8-9,11-15,17-18,20-23,25,27,30,33-62H2,1-3H3/b10-7-,19-16-,26-24-,29-28-,32-31-. The van der Waals surface area contributed by atoms with E-state index in [-0.39, 0.29) is 31.1 Å². The molecule has 0 bridgehead atoms. The van der Waals surface area contributed by atoms with Gasteiger partial charge in [-0.15, -0.1) is 0 Å². The fourth-order valence-electron chi connectivity index (χ4n) is 9.12. The molecule has 0 aromatic rings. The third kappa shape index (κ3) is 58.0. The molecule has 0 spiro atoms. The largest absolute Gasteiger partial charge is 0.462 e. The Morgan fingerprint density at radius 1 is 0.292 bits per heavy atom. The number of esters is 3. The van der Waals surface area contributed by atoms with Crippen LogP contribution in [0.25, 0.3) is 0 Å². The van der Waals surface area contributed by atoms with Crippen LogP contribution in [0.5, 0.6) is 0 Å². The van der Waals surface area contributed by atoms with Crippen LogP contribution in [0.15, 0.2) is 60.8 Å². The Hall–Kier alpha value is -2.89. The summed E-state index contributed by atoms with van der Waals surface area (Å²) < 4.78 is 16.9. The van der Waals surface area contributed by atoms with Crippen molar-refractivity contribution in [3.63, 3.8) is 0 Å². The first-order valence-corrected chi connectivity index (χ1v) is 31.3. The van der Waals surface area contributed by atoms with Gasteiger partial charge in [-0.05, 0) is 64.2 Å². The summed E-state index contributed by atoms with van der Waals surface area (Å²) in [6.45, 7) is 6.55.